The molecule has 3 aromatic carbocycles. The molecule has 0 amide bonds. The Bertz CT molecular complexity index is 843. The molecule has 3 atom stereocenters. The van der Waals surface area contributed by atoms with E-state index >= 15 is 0 Å². The van der Waals surface area contributed by atoms with Crippen molar-refractivity contribution >= 4 is 24.8 Å². The molecule has 4 heteroatoms. The summed E-state index contributed by atoms with van der Waals surface area (Å²) in [7, 11) is 0. The zero-order chi connectivity index (χ0) is 19.2. The molecule has 0 spiro atoms. The van der Waals surface area contributed by atoms with Crippen molar-refractivity contribution in [2.45, 2.75) is 37.9 Å². The van der Waals surface area contributed by atoms with Crippen molar-refractivity contribution in [2.75, 3.05) is 13.1 Å². The molecule has 0 radical (unpaired) electrons. The number of nitrogens with zero attached hydrogens (tertiary/aromatic N) is 1. The zero-order valence-electron chi connectivity index (χ0n) is 17.5. The third kappa shape index (κ3) is 6.33. The molecule has 4 rings (SSSR count). The van der Waals surface area contributed by atoms with Crippen LogP contribution in [0, 0.1) is 0 Å². The number of benzene rings is 3. The van der Waals surface area contributed by atoms with Gasteiger partial charge in [-0.1, -0.05) is 91.0 Å². The first kappa shape index (κ1) is 24.4. The van der Waals surface area contributed by atoms with E-state index < -0.39 is 0 Å². The Morgan fingerprint density at radius 2 is 1.40 bits per heavy atom. The van der Waals surface area contributed by atoms with E-state index in [-0.39, 0.29) is 24.8 Å². The molecule has 1 saturated heterocycles. The summed E-state index contributed by atoms with van der Waals surface area (Å²) in [6, 6.07) is 33.5. The SMILES string of the molecule is CC(NC1CCN(Cc2ccccc2)CC1c1ccccc1)c1ccccc1.Cl.Cl. The van der Waals surface area contributed by atoms with E-state index in [0.717, 1.165) is 19.6 Å². The van der Waals surface area contributed by atoms with Crippen molar-refractivity contribution in [3.8, 4) is 0 Å². The van der Waals surface area contributed by atoms with Crippen LogP contribution in [0.5, 0.6) is 0 Å². The number of halogens is 2. The zero-order valence-corrected chi connectivity index (χ0v) is 19.1. The summed E-state index contributed by atoms with van der Waals surface area (Å²) in [6.45, 7) is 5.55. The summed E-state index contributed by atoms with van der Waals surface area (Å²) in [5.41, 5.74) is 4.21. The highest BCUT2D eigenvalue weighted by molar-refractivity contribution is 5.85. The average Bonchev–Trinajstić information content (AvgIpc) is 2.77. The summed E-state index contributed by atoms with van der Waals surface area (Å²) >= 11 is 0. The van der Waals surface area contributed by atoms with E-state index in [0.29, 0.717) is 18.0 Å². The summed E-state index contributed by atoms with van der Waals surface area (Å²) in [5.74, 6) is 0.504. The van der Waals surface area contributed by atoms with E-state index in [9.17, 15) is 0 Å². The van der Waals surface area contributed by atoms with Crippen LogP contribution in [-0.2, 0) is 6.54 Å². The molecule has 0 saturated carbocycles. The molecular formula is C26H32Cl2N2. The van der Waals surface area contributed by atoms with Gasteiger partial charge in [-0.25, -0.2) is 0 Å². The van der Waals surface area contributed by atoms with Crippen molar-refractivity contribution in [1.82, 2.24) is 10.2 Å². The molecule has 1 aliphatic rings. The van der Waals surface area contributed by atoms with E-state index in [1.807, 2.05) is 0 Å². The lowest BCUT2D eigenvalue weighted by molar-refractivity contribution is 0.162. The van der Waals surface area contributed by atoms with Crippen molar-refractivity contribution in [3.63, 3.8) is 0 Å². The molecule has 3 unspecified atom stereocenters. The van der Waals surface area contributed by atoms with Gasteiger partial charge in [-0.2, -0.15) is 0 Å². The molecule has 3 aromatic rings. The molecule has 1 N–H and O–H groups in total. The minimum absolute atomic E-state index is 0. The first-order chi connectivity index (χ1) is 13.8. The second-order valence-corrected chi connectivity index (χ2v) is 7.93. The van der Waals surface area contributed by atoms with Gasteiger partial charge in [0.1, 0.15) is 0 Å². The van der Waals surface area contributed by atoms with Gasteiger partial charge in [-0.3, -0.25) is 4.90 Å². The first-order valence-electron chi connectivity index (χ1n) is 10.4. The highest BCUT2D eigenvalue weighted by Gasteiger charge is 2.31. The standard InChI is InChI=1S/C26H30N2.2ClH/c1-21(23-13-7-3-8-14-23)27-26-17-18-28(19-22-11-5-2-6-12-22)20-25(26)24-15-9-4-10-16-24;;/h2-16,21,25-27H,17-20H2,1H3;2*1H. The van der Waals surface area contributed by atoms with E-state index in [4.69, 9.17) is 0 Å². The van der Waals surface area contributed by atoms with Crippen LogP contribution in [0.25, 0.3) is 0 Å². The molecule has 30 heavy (non-hydrogen) atoms. The van der Waals surface area contributed by atoms with Crippen molar-refractivity contribution in [1.29, 1.82) is 0 Å². The van der Waals surface area contributed by atoms with Crippen molar-refractivity contribution < 1.29 is 0 Å². The van der Waals surface area contributed by atoms with Crippen LogP contribution < -0.4 is 5.32 Å². The van der Waals surface area contributed by atoms with Crippen LogP contribution in [0.3, 0.4) is 0 Å². The fourth-order valence-corrected chi connectivity index (χ4v) is 4.40. The van der Waals surface area contributed by atoms with E-state index in [1.165, 1.54) is 23.1 Å². The summed E-state index contributed by atoms with van der Waals surface area (Å²) in [4.78, 5) is 2.61. The Morgan fingerprint density at radius 1 is 0.833 bits per heavy atom. The Balaban J connectivity index is 0.00000160. The topological polar surface area (TPSA) is 15.3 Å². The van der Waals surface area contributed by atoms with Crippen LogP contribution in [-0.4, -0.2) is 24.0 Å². The fourth-order valence-electron chi connectivity index (χ4n) is 4.40. The maximum absolute atomic E-state index is 3.94. The van der Waals surface area contributed by atoms with Gasteiger partial charge in [0, 0.05) is 37.6 Å². The van der Waals surface area contributed by atoms with Gasteiger partial charge in [-0.05, 0) is 30.0 Å². The molecule has 2 nitrogen and oxygen atoms in total. The predicted molar refractivity (Wildman–Crippen MR) is 132 cm³/mol. The quantitative estimate of drug-likeness (QED) is 0.485. The molecule has 0 aliphatic carbocycles. The lowest BCUT2D eigenvalue weighted by atomic mass is 9.85. The summed E-state index contributed by atoms with van der Waals surface area (Å²) in [5, 5.41) is 3.94. The largest absolute Gasteiger partial charge is 0.307 e. The van der Waals surface area contributed by atoms with Gasteiger partial charge < -0.3 is 5.32 Å². The number of likely N-dealkylation sites (tertiary alicyclic amines) is 1. The third-order valence-electron chi connectivity index (χ3n) is 5.94. The molecule has 1 heterocycles. The van der Waals surface area contributed by atoms with Crippen LogP contribution >= 0.6 is 24.8 Å². The van der Waals surface area contributed by atoms with Gasteiger partial charge in [0.05, 0.1) is 0 Å². The van der Waals surface area contributed by atoms with Crippen LogP contribution in [0.2, 0.25) is 0 Å². The van der Waals surface area contributed by atoms with E-state index in [1.54, 1.807) is 0 Å². The van der Waals surface area contributed by atoms with Crippen LogP contribution in [0.1, 0.15) is 42.0 Å². The number of nitrogens with one attached hydrogen (secondary N) is 1. The molecule has 1 fully saturated rings. The maximum Gasteiger partial charge on any atom is 0.0294 e. The number of rotatable bonds is 6. The number of hydrogen-bond donors (Lipinski definition) is 1. The second kappa shape index (κ2) is 12.1. The Morgan fingerprint density at radius 3 is 2.03 bits per heavy atom. The Hall–Kier alpha value is -1.84. The molecular weight excluding hydrogens is 411 g/mol. The summed E-state index contributed by atoms with van der Waals surface area (Å²) in [6.07, 6.45) is 1.17. The smallest absolute Gasteiger partial charge is 0.0294 e. The van der Waals surface area contributed by atoms with Gasteiger partial charge in [0.25, 0.3) is 0 Å². The highest BCUT2D eigenvalue weighted by Crippen LogP contribution is 2.30. The molecule has 1 aliphatic heterocycles. The minimum atomic E-state index is 0. The Labute approximate surface area is 193 Å². The number of piperidine rings is 1. The molecule has 160 valence electrons. The minimum Gasteiger partial charge on any atom is -0.307 e. The normalized spacial score (nSPS) is 19.9. The Kier molecular flexibility index (Phi) is 9.87. The predicted octanol–water partition coefficient (Wildman–Crippen LogP) is 6.24. The fraction of sp³-hybridized carbons (Fsp3) is 0.308. The van der Waals surface area contributed by atoms with Gasteiger partial charge in [-0.15, -0.1) is 24.8 Å². The van der Waals surface area contributed by atoms with Gasteiger partial charge >= 0.3 is 0 Å². The third-order valence-corrected chi connectivity index (χ3v) is 5.94. The lowest BCUT2D eigenvalue weighted by Crippen LogP contribution is -2.48. The molecule has 0 bridgehead atoms. The second-order valence-electron chi connectivity index (χ2n) is 7.93. The lowest BCUT2D eigenvalue weighted by Gasteiger charge is -2.40. The maximum atomic E-state index is 3.94. The van der Waals surface area contributed by atoms with Crippen LogP contribution in [0.15, 0.2) is 91.0 Å². The van der Waals surface area contributed by atoms with E-state index in [2.05, 4.69) is 108 Å². The number of hydrogen-bond acceptors (Lipinski definition) is 2. The summed E-state index contributed by atoms with van der Waals surface area (Å²) < 4.78 is 0. The van der Waals surface area contributed by atoms with Crippen molar-refractivity contribution in [3.05, 3.63) is 108 Å². The monoisotopic (exact) mass is 442 g/mol. The van der Waals surface area contributed by atoms with Crippen LogP contribution in [0.4, 0.5) is 0 Å². The first-order valence-corrected chi connectivity index (χ1v) is 10.4. The molecule has 0 aromatic heterocycles. The van der Waals surface area contributed by atoms with Gasteiger partial charge in [0.15, 0.2) is 0 Å². The van der Waals surface area contributed by atoms with Crippen molar-refractivity contribution in [2.24, 2.45) is 0 Å². The average molecular weight is 443 g/mol. The van der Waals surface area contributed by atoms with Gasteiger partial charge in [0.2, 0.25) is 0 Å². The highest BCUT2D eigenvalue weighted by atomic mass is 35.5.